The molecule has 1 aliphatic heterocycles. The third-order valence-electron chi connectivity index (χ3n) is 3.89. The van der Waals surface area contributed by atoms with Gasteiger partial charge in [0, 0.05) is 18.7 Å². The molecular formula is C17H19N3O3S. The van der Waals surface area contributed by atoms with Crippen molar-refractivity contribution in [3.8, 4) is 0 Å². The first-order valence-electron chi connectivity index (χ1n) is 7.79. The fourth-order valence-electron chi connectivity index (χ4n) is 2.60. The fraction of sp³-hybridized carbons (Fsp3) is 0.235. The van der Waals surface area contributed by atoms with Gasteiger partial charge in [-0.1, -0.05) is 24.3 Å². The monoisotopic (exact) mass is 345 g/mol. The Morgan fingerprint density at radius 1 is 0.958 bits per heavy atom. The van der Waals surface area contributed by atoms with Gasteiger partial charge in [0.1, 0.15) is 0 Å². The molecular weight excluding hydrogens is 326 g/mol. The predicted octanol–water partition coefficient (Wildman–Crippen LogP) is 2.23. The second-order valence-corrected chi connectivity index (χ2v) is 7.52. The van der Waals surface area contributed by atoms with E-state index in [1.165, 1.54) is 16.4 Å². The molecule has 0 aliphatic carbocycles. The van der Waals surface area contributed by atoms with Gasteiger partial charge in [-0.3, -0.25) is 15.6 Å². The molecule has 1 fully saturated rings. The van der Waals surface area contributed by atoms with Crippen LogP contribution in [0, 0.1) is 0 Å². The second-order valence-electron chi connectivity index (χ2n) is 5.58. The third-order valence-corrected chi connectivity index (χ3v) is 5.79. The van der Waals surface area contributed by atoms with E-state index in [1.54, 1.807) is 12.1 Å². The molecule has 24 heavy (non-hydrogen) atoms. The molecule has 2 aromatic carbocycles. The van der Waals surface area contributed by atoms with E-state index < -0.39 is 15.9 Å². The van der Waals surface area contributed by atoms with Crippen molar-refractivity contribution in [2.75, 3.05) is 18.5 Å². The van der Waals surface area contributed by atoms with Gasteiger partial charge in [-0.25, -0.2) is 8.42 Å². The number of hydrogen-bond donors (Lipinski definition) is 2. The van der Waals surface area contributed by atoms with E-state index in [-0.39, 0.29) is 4.90 Å². The summed E-state index contributed by atoms with van der Waals surface area (Å²) in [6.45, 7) is 1.07. The Bertz CT molecular complexity index is 816. The molecule has 7 heteroatoms. The zero-order valence-corrected chi connectivity index (χ0v) is 13.9. The minimum atomic E-state index is -3.53. The summed E-state index contributed by atoms with van der Waals surface area (Å²) in [7, 11) is -3.53. The molecule has 0 bridgehead atoms. The third kappa shape index (κ3) is 3.58. The van der Waals surface area contributed by atoms with Crippen LogP contribution in [0.5, 0.6) is 0 Å². The van der Waals surface area contributed by atoms with Gasteiger partial charge in [-0.2, -0.15) is 4.31 Å². The van der Waals surface area contributed by atoms with E-state index in [0.717, 1.165) is 18.5 Å². The number of anilines is 1. The van der Waals surface area contributed by atoms with Gasteiger partial charge in [-0.15, -0.1) is 0 Å². The summed E-state index contributed by atoms with van der Waals surface area (Å²) in [6, 6.07) is 15.3. The van der Waals surface area contributed by atoms with Crippen molar-refractivity contribution in [1.29, 1.82) is 0 Å². The number of sulfonamides is 1. The SMILES string of the molecule is O=C(NNc1ccccc1)c1cccc(S(=O)(=O)N2CCCC2)c1. The minimum absolute atomic E-state index is 0.150. The van der Waals surface area contributed by atoms with E-state index in [1.807, 2.05) is 30.3 Å². The molecule has 126 valence electrons. The number of benzene rings is 2. The Morgan fingerprint density at radius 2 is 1.67 bits per heavy atom. The molecule has 1 amide bonds. The van der Waals surface area contributed by atoms with Crippen LogP contribution in [0.15, 0.2) is 59.5 Å². The van der Waals surface area contributed by atoms with Gasteiger partial charge in [0.25, 0.3) is 5.91 Å². The van der Waals surface area contributed by atoms with E-state index >= 15 is 0 Å². The van der Waals surface area contributed by atoms with Gasteiger partial charge in [-0.05, 0) is 43.2 Å². The number of para-hydroxylation sites is 1. The number of hydrazine groups is 1. The Kier molecular flexibility index (Phi) is 4.82. The van der Waals surface area contributed by atoms with E-state index in [2.05, 4.69) is 10.9 Å². The van der Waals surface area contributed by atoms with Gasteiger partial charge < -0.3 is 0 Å². The van der Waals surface area contributed by atoms with Gasteiger partial charge in [0.2, 0.25) is 10.0 Å². The van der Waals surface area contributed by atoms with Crippen LogP contribution >= 0.6 is 0 Å². The van der Waals surface area contributed by atoms with Gasteiger partial charge in [0.05, 0.1) is 10.6 Å². The highest BCUT2D eigenvalue weighted by molar-refractivity contribution is 7.89. The average Bonchev–Trinajstić information content (AvgIpc) is 3.16. The minimum Gasteiger partial charge on any atom is -0.298 e. The first-order chi connectivity index (χ1) is 11.6. The standard InChI is InChI=1S/C17H19N3O3S/c21-17(19-18-15-8-2-1-3-9-15)14-7-6-10-16(13-14)24(22,23)20-11-4-5-12-20/h1-3,6-10,13,18H,4-5,11-12H2,(H,19,21). The predicted molar refractivity (Wildman–Crippen MR) is 92.0 cm³/mol. The number of nitrogens with zero attached hydrogens (tertiary/aromatic N) is 1. The molecule has 1 heterocycles. The van der Waals surface area contributed by atoms with Crippen molar-refractivity contribution in [2.24, 2.45) is 0 Å². The summed E-state index contributed by atoms with van der Waals surface area (Å²) < 4.78 is 26.6. The van der Waals surface area contributed by atoms with Gasteiger partial charge >= 0.3 is 0 Å². The Morgan fingerprint density at radius 3 is 2.38 bits per heavy atom. The summed E-state index contributed by atoms with van der Waals surface area (Å²) in [6.07, 6.45) is 1.75. The number of carbonyl (C=O) groups excluding carboxylic acids is 1. The van der Waals surface area contributed by atoms with E-state index in [0.29, 0.717) is 18.7 Å². The van der Waals surface area contributed by atoms with Crippen LogP contribution in [0.3, 0.4) is 0 Å². The average molecular weight is 345 g/mol. The number of rotatable bonds is 5. The highest BCUT2D eigenvalue weighted by Crippen LogP contribution is 2.21. The molecule has 0 radical (unpaired) electrons. The highest BCUT2D eigenvalue weighted by atomic mass is 32.2. The molecule has 1 aliphatic rings. The summed E-state index contributed by atoms with van der Waals surface area (Å²) in [4.78, 5) is 12.4. The Labute approximate surface area is 141 Å². The van der Waals surface area contributed by atoms with Crippen LogP contribution in [0.25, 0.3) is 0 Å². The van der Waals surface area contributed by atoms with Crippen LogP contribution in [0.1, 0.15) is 23.2 Å². The fourth-order valence-corrected chi connectivity index (χ4v) is 4.16. The number of amides is 1. The number of carbonyl (C=O) groups is 1. The molecule has 2 N–H and O–H groups in total. The van der Waals surface area contributed by atoms with Crippen LogP contribution < -0.4 is 10.9 Å². The van der Waals surface area contributed by atoms with E-state index in [4.69, 9.17) is 0 Å². The van der Waals surface area contributed by atoms with Crippen molar-refractivity contribution < 1.29 is 13.2 Å². The second kappa shape index (κ2) is 7.02. The number of hydrogen-bond acceptors (Lipinski definition) is 4. The van der Waals surface area contributed by atoms with E-state index in [9.17, 15) is 13.2 Å². The lowest BCUT2D eigenvalue weighted by Crippen LogP contribution is -2.30. The first kappa shape index (κ1) is 16.5. The highest BCUT2D eigenvalue weighted by Gasteiger charge is 2.27. The van der Waals surface area contributed by atoms with Crippen LogP contribution in [-0.2, 0) is 10.0 Å². The van der Waals surface area contributed by atoms with Crippen LogP contribution in [0.4, 0.5) is 5.69 Å². The molecule has 3 rings (SSSR count). The van der Waals surface area contributed by atoms with Crippen molar-refractivity contribution in [1.82, 2.24) is 9.73 Å². The topological polar surface area (TPSA) is 78.5 Å². The van der Waals surface area contributed by atoms with Crippen molar-refractivity contribution >= 4 is 21.6 Å². The summed E-state index contributed by atoms with van der Waals surface area (Å²) >= 11 is 0. The van der Waals surface area contributed by atoms with Crippen molar-refractivity contribution in [3.63, 3.8) is 0 Å². The molecule has 0 unspecified atom stereocenters. The van der Waals surface area contributed by atoms with Crippen molar-refractivity contribution in [3.05, 3.63) is 60.2 Å². The first-order valence-corrected chi connectivity index (χ1v) is 9.23. The lowest BCUT2D eigenvalue weighted by molar-refractivity contribution is 0.0962. The summed E-state index contributed by atoms with van der Waals surface area (Å²) in [5, 5.41) is 0. The quantitative estimate of drug-likeness (QED) is 0.815. The van der Waals surface area contributed by atoms with Crippen molar-refractivity contribution in [2.45, 2.75) is 17.7 Å². The molecule has 1 saturated heterocycles. The Hall–Kier alpha value is -2.38. The molecule has 0 atom stereocenters. The van der Waals surface area contributed by atoms with Crippen LogP contribution in [-0.4, -0.2) is 31.7 Å². The maximum atomic E-state index is 12.6. The van der Waals surface area contributed by atoms with Crippen LogP contribution in [0.2, 0.25) is 0 Å². The molecule has 0 aromatic heterocycles. The zero-order valence-electron chi connectivity index (χ0n) is 13.1. The van der Waals surface area contributed by atoms with Gasteiger partial charge in [0.15, 0.2) is 0 Å². The molecule has 2 aromatic rings. The summed E-state index contributed by atoms with van der Waals surface area (Å²) in [5.74, 6) is -0.391. The molecule has 0 saturated carbocycles. The lowest BCUT2D eigenvalue weighted by atomic mass is 10.2. The summed E-state index contributed by atoms with van der Waals surface area (Å²) in [5.41, 5.74) is 6.40. The Balaban J connectivity index is 1.74. The largest absolute Gasteiger partial charge is 0.298 e. The zero-order chi connectivity index (χ0) is 17.0. The molecule has 0 spiro atoms. The smallest absolute Gasteiger partial charge is 0.269 e. The normalized spacial score (nSPS) is 15.2. The number of nitrogens with one attached hydrogen (secondary N) is 2. The maximum absolute atomic E-state index is 12.6. The lowest BCUT2D eigenvalue weighted by Gasteiger charge is -2.16. The molecule has 6 nitrogen and oxygen atoms in total. The maximum Gasteiger partial charge on any atom is 0.269 e.